The van der Waals surface area contributed by atoms with Gasteiger partial charge in [-0.15, -0.1) is 0 Å². The molecule has 1 saturated carbocycles. The summed E-state index contributed by atoms with van der Waals surface area (Å²) in [7, 11) is 0. The molecule has 0 heterocycles. The van der Waals surface area contributed by atoms with Crippen molar-refractivity contribution in [3.63, 3.8) is 0 Å². The van der Waals surface area contributed by atoms with E-state index in [0.717, 1.165) is 11.7 Å². The van der Waals surface area contributed by atoms with E-state index in [2.05, 4.69) is 22.6 Å². The minimum absolute atomic E-state index is 0.267. The van der Waals surface area contributed by atoms with Crippen molar-refractivity contribution in [3.8, 4) is 11.5 Å². The van der Waals surface area contributed by atoms with Crippen LogP contribution in [0.5, 0.6) is 11.5 Å². The van der Waals surface area contributed by atoms with E-state index >= 15 is 0 Å². The summed E-state index contributed by atoms with van der Waals surface area (Å²) in [6, 6.07) is 6.67. The Labute approximate surface area is 105 Å². The van der Waals surface area contributed by atoms with Gasteiger partial charge in [0.25, 0.3) is 0 Å². The van der Waals surface area contributed by atoms with Crippen LogP contribution in [0.3, 0.4) is 0 Å². The van der Waals surface area contributed by atoms with E-state index in [1.807, 2.05) is 6.92 Å². The van der Waals surface area contributed by atoms with Crippen molar-refractivity contribution in [2.75, 3.05) is 11.0 Å². The average molecular weight is 320 g/mol. The van der Waals surface area contributed by atoms with Crippen LogP contribution < -0.4 is 4.74 Å². The second-order valence-corrected chi connectivity index (χ2v) is 4.41. The van der Waals surface area contributed by atoms with E-state index in [4.69, 9.17) is 9.84 Å². The lowest BCUT2D eigenvalue weighted by atomic mass is 10.3. The molecule has 1 aromatic carbocycles. The number of hydrogen-bond acceptors (Lipinski definition) is 2. The van der Waals surface area contributed by atoms with Gasteiger partial charge in [-0.25, -0.2) is 0 Å². The van der Waals surface area contributed by atoms with Crippen LogP contribution in [-0.2, 0) is 0 Å². The molecule has 2 rings (SSSR count). The summed E-state index contributed by atoms with van der Waals surface area (Å²) in [5, 5.41) is 8.87. The molecule has 0 amide bonds. The molecular formula is C12H17IO2. The highest BCUT2D eigenvalue weighted by molar-refractivity contribution is 14.1. The summed E-state index contributed by atoms with van der Waals surface area (Å²) >= 11 is 2.44. The molecule has 1 N–H and O–H groups in total. The number of rotatable bonds is 3. The van der Waals surface area contributed by atoms with Crippen LogP contribution in [0.15, 0.2) is 24.3 Å². The van der Waals surface area contributed by atoms with Gasteiger partial charge in [0.1, 0.15) is 11.5 Å². The summed E-state index contributed by atoms with van der Waals surface area (Å²) in [5.74, 6) is 2.18. The Kier molecular flexibility index (Phi) is 5.83. The molecule has 0 saturated heterocycles. The Hall–Kier alpha value is -0.450. The predicted molar refractivity (Wildman–Crippen MR) is 70.9 cm³/mol. The molecular weight excluding hydrogens is 303 g/mol. The zero-order valence-electron chi connectivity index (χ0n) is 8.95. The second kappa shape index (κ2) is 6.93. The molecule has 0 aromatic heterocycles. The van der Waals surface area contributed by atoms with Crippen LogP contribution in [0.25, 0.3) is 0 Å². The molecule has 3 heteroatoms. The zero-order chi connectivity index (χ0) is 11.1. The van der Waals surface area contributed by atoms with Crippen LogP contribution >= 0.6 is 22.6 Å². The van der Waals surface area contributed by atoms with Crippen molar-refractivity contribution >= 4 is 22.6 Å². The highest BCUT2D eigenvalue weighted by atomic mass is 127. The molecule has 15 heavy (non-hydrogen) atoms. The summed E-state index contributed by atoms with van der Waals surface area (Å²) < 4.78 is 6.54. The lowest BCUT2D eigenvalue weighted by Gasteiger charge is -2.00. The molecule has 84 valence electrons. The molecule has 2 nitrogen and oxygen atoms in total. The van der Waals surface area contributed by atoms with Crippen molar-refractivity contribution in [2.45, 2.75) is 19.8 Å². The van der Waals surface area contributed by atoms with E-state index < -0.39 is 0 Å². The number of hydrogen-bond donors (Lipinski definition) is 1. The first kappa shape index (κ1) is 12.6. The maximum atomic E-state index is 8.87. The maximum absolute atomic E-state index is 8.87. The van der Waals surface area contributed by atoms with Crippen molar-refractivity contribution in [1.82, 2.24) is 0 Å². The lowest BCUT2D eigenvalue weighted by molar-refractivity contribution is 0.339. The van der Waals surface area contributed by atoms with Crippen LogP contribution in [-0.4, -0.2) is 16.1 Å². The molecule has 1 aromatic rings. The number of halogens is 1. The number of aromatic hydroxyl groups is 1. The largest absolute Gasteiger partial charge is 0.508 e. The zero-order valence-corrected chi connectivity index (χ0v) is 11.1. The van der Waals surface area contributed by atoms with Gasteiger partial charge in [-0.3, -0.25) is 0 Å². The highest BCUT2D eigenvalue weighted by Crippen LogP contribution is 2.30. The molecule has 0 atom stereocenters. The molecule has 1 aliphatic carbocycles. The van der Waals surface area contributed by atoms with Crippen LogP contribution in [0.4, 0.5) is 0 Å². The van der Waals surface area contributed by atoms with Crippen LogP contribution in [0.1, 0.15) is 19.8 Å². The van der Waals surface area contributed by atoms with Gasteiger partial charge >= 0.3 is 0 Å². The molecule has 0 bridgehead atoms. The van der Waals surface area contributed by atoms with Crippen molar-refractivity contribution in [2.24, 2.45) is 5.92 Å². The number of benzene rings is 1. The van der Waals surface area contributed by atoms with E-state index in [0.29, 0.717) is 6.61 Å². The minimum atomic E-state index is 0.267. The quantitative estimate of drug-likeness (QED) is 0.681. The SMILES string of the molecule is CCOc1ccc(O)cc1.ICC1CC1. The van der Waals surface area contributed by atoms with Gasteiger partial charge < -0.3 is 9.84 Å². The van der Waals surface area contributed by atoms with Crippen LogP contribution in [0.2, 0.25) is 0 Å². The van der Waals surface area contributed by atoms with Gasteiger partial charge in [-0.2, -0.15) is 0 Å². The topological polar surface area (TPSA) is 29.5 Å². The minimum Gasteiger partial charge on any atom is -0.508 e. The maximum Gasteiger partial charge on any atom is 0.119 e. The normalized spacial score (nSPS) is 14.0. The summed E-state index contributed by atoms with van der Waals surface area (Å²) in [4.78, 5) is 0. The second-order valence-electron chi connectivity index (χ2n) is 3.52. The lowest BCUT2D eigenvalue weighted by Crippen LogP contribution is -1.89. The molecule has 0 aliphatic heterocycles. The Morgan fingerprint density at radius 3 is 2.27 bits per heavy atom. The summed E-state index contributed by atoms with van der Waals surface area (Å²) in [6.07, 6.45) is 3.01. The van der Waals surface area contributed by atoms with E-state index in [-0.39, 0.29) is 5.75 Å². The Morgan fingerprint density at radius 2 is 1.93 bits per heavy atom. The van der Waals surface area contributed by atoms with Gasteiger partial charge in [0.2, 0.25) is 0 Å². The number of alkyl halides is 1. The molecule has 1 fully saturated rings. The Bertz CT molecular complexity index is 267. The highest BCUT2D eigenvalue weighted by Gasteiger charge is 2.18. The fraction of sp³-hybridized carbons (Fsp3) is 0.500. The first-order valence-electron chi connectivity index (χ1n) is 5.24. The summed E-state index contributed by atoms with van der Waals surface area (Å²) in [5.41, 5.74) is 0. The predicted octanol–water partition coefficient (Wildman–Crippen LogP) is 3.62. The molecule has 0 unspecified atom stereocenters. The fourth-order valence-corrected chi connectivity index (χ4v) is 1.86. The smallest absolute Gasteiger partial charge is 0.119 e. The first-order chi connectivity index (χ1) is 7.26. The first-order valence-corrected chi connectivity index (χ1v) is 6.76. The fourth-order valence-electron chi connectivity index (χ4n) is 0.981. The summed E-state index contributed by atoms with van der Waals surface area (Å²) in [6.45, 7) is 2.58. The van der Waals surface area contributed by atoms with Gasteiger partial charge in [-0.05, 0) is 49.9 Å². The Morgan fingerprint density at radius 1 is 1.33 bits per heavy atom. The average Bonchev–Trinajstić information content (AvgIpc) is 3.06. The van der Waals surface area contributed by atoms with E-state index in [1.165, 1.54) is 17.3 Å². The van der Waals surface area contributed by atoms with Gasteiger partial charge in [0.15, 0.2) is 0 Å². The van der Waals surface area contributed by atoms with Crippen molar-refractivity contribution in [1.29, 1.82) is 0 Å². The third-order valence-electron chi connectivity index (χ3n) is 2.06. The monoisotopic (exact) mass is 320 g/mol. The van der Waals surface area contributed by atoms with Crippen molar-refractivity contribution < 1.29 is 9.84 Å². The number of phenolic OH excluding ortho intramolecular Hbond substituents is 1. The number of phenols is 1. The van der Waals surface area contributed by atoms with Gasteiger partial charge in [0, 0.05) is 4.43 Å². The van der Waals surface area contributed by atoms with Crippen LogP contribution in [0, 0.1) is 5.92 Å². The van der Waals surface area contributed by atoms with E-state index in [1.54, 1.807) is 24.3 Å². The Balaban J connectivity index is 0.000000187. The third-order valence-corrected chi connectivity index (χ3v) is 3.31. The third kappa shape index (κ3) is 5.87. The van der Waals surface area contributed by atoms with Gasteiger partial charge in [0.05, 0.1) is 6.61 Å². The molecule has 0 spiro atoms. The molecule has 0 radical (unpaired) electrons. The van der Waals surface area contributed by atoms with Gasteiger partial charge in [-0.1, -0.05) is 22.6 Å². The molecule has 1 aliphatic rings. The standard InChI is InChI=1S/C8H10O2.C4H7I/c1-2-10-8-5-3-7(9)4-6-8;5-3-4-1-2-4/h3-6,9H,2H2,1H3;4H,1-3H2. The number of ether oxygens (including phenoxy) is 1. The van der Waals surface area contributed by atoms with Crippen molar-refractivity contribution in [3.05, 3.63) is 24.3 Å². The van der Waals surface area contributed by atoms with E-state index in [9.17, 15) is 0 Å².